The third kappa shape index (κ3) is 5.81. The van der Waals surface area contributed by atoms with Gasteiger partial charge in [0.15, 0.2) is 4.90 Å². The molecule has 158 valence electrons. The molecule has 0 aliphatic heterocycles. The Morgan fingerprint density at radius 3 is 2.43 bits per heavy atom. The van der Waals surface area contributed by atoms with E-state index in [1.54, 1.807) is 35.8 Å². The highest BCUT2D eigenvalue weighted by molar-refractivity contribution is 7.89. The number of hydrogen-bond donors (Lipinski definition) is 2. The van der Waals surface area contributed by atoms with Crippen molar-refractivity contribution in [3.63, 3.8) is 0 Å². The van der Waals surface area contributed by atoms with Crippen LogP contribution >= 0.6 is 11.3 Å². The van der Waals surface area contributed by atoms with Crippen molar-refractivity contribution < 1.29 is 26.7 Å². The van der Waals surface area contributed by atoms with E-state index in [-0.39, 0.29) is 19.5 Å². The molecular formula is C19H17F2N3O4S2. The zero-order valence-corrected chi connectivity index (χ0v) is 17.1. The van der Waals surface area contributed by atoms with Crippen LogP contribution in [0.3, 0.4) is 0 Å². The Balaban J connectivity index is 1.45. The Morgan fingerprint density at radius 1 is 1.10 bits per heavy atom. The van der Waals surface area contributed by atoms with E-state index in [0.717, 1.165) is 23.8 Å². The van der Waals surface area contributed by atoms with Crippen molar-refractivity contribution in [2.24, 2.45) is 0 Å². The second-order valence-corrected chi connectivity index (χ2v) is 8.58. The van der Waals surface area contributed by atoms with Gasteiger partial charge in [0.2, 0.25) is 15.9 Å². The first-order chi connectivity index (χ1) is 14.3. The van der Waals surface area contributed by atoms with Crippen molar-refractivity contribution in [2.75, 3.05) is 6.54 Å². The molecule has 2 aromatic carbocycles. The summed E-state index contributed by atoms with van der Waals surface area (Å²) in [6.45, 7) is -0.0758. The van der Waals surface area contributed by atoms with Gasteiger partial charge in [-0.1, -0.05) is 29.5 Å². The van der Waals surface area contributed by atoms with Gasteiger partial charge in [-0.15, -0.1) is 0 Å². The van der Waals surface area contributed by atoms with Gasteiger partial charge >= 0.3 is 0 Å². The minimum atomic E-state index is -4.41. The van der Waals surface area contributed by atoms with E-state index in [1.807, 2.05) is 4.72 Å². The van der Waals surface area contributed by atoms with Crippen LogP contribution in [0.25, 0.3) is 0 Å². The highest BCUT2D eigenvalue weighted by Gasteiger charge is 2.23. The summed E-state index contributed by atoms with van der Waals surface area (Å²) in [7, 11) is -4.41. The maximum atomic E-state index is 13.6. The zero-order chi connectivity index (χ0) is 21.6. The maximum Gasteiger partial charge on any atom is 0.278 e. The lowest BCUT2D eigenvalue weighted by molar-refractivity contribution is -0.121. The van der Waals surface area contributed by atoms with E-state index in [1.165, 1.54) is 11.3 Å². The summed E-state index contributed by atoms with van der Waals surface area (Å²) in [5.74, 6) is -2.21. The van der Waals surface area contributed by atoms with E-state index < -0.39 is 32.5 Å². The molecule has 0 saturated carbocycles. The van der Waals surface area contributed by atoms with Crippen LogP contribution in [0, 0.1) is 11.6 Å². The number of sulfonamides is 1. The predicted molar refractivity (Wildman–Crippen MR) is 107 cm³/mol. The van der Waals surface area contributed by atoms with Crippen LogP contribution in [-0.4, -0.2) is 25.9 Å². The molecule has 11 heteroatoms. The number of carbonyl (C=O) groups excluding carboxylic acids is 1. The second kappa shape index (κ2) is 9.74. The molecule has 0 aliphatic carbocycles. The van der Waals surface area contributed by atoms with Crippen molar-refractivity contribution in [1.82, 2.24) is 15.0 Å². The van der Waals surface area contributed by atoms with Gasteiger partial charge in [-0.2, -0.15) is 0 Å². The summed E-state index contributed by atoms with van der Waals surface area (Å²) in [6, 6.07) is 9.77. The molecule has 3 aromatic rings. The first-order valence-corrected chi connectivity index (χ1v) is 11.1. The Hall–Kier alpha value is -2.89. The smallest absolute Gasteiger partial charge is 0.278 e. The van der Waals surface area contributed by atoms with Crippen molar-refractivity contribution in [2.45, 2.75) is 17.9 Å². The molecule has 7 nitrogen and oxygen atoms in total. The van der Waals surface area contributed by atoms with Gasteiger partial charge in [-0.3, -0.25) is 4.79 Å². The lowest BCUT2D eigenvalue weighted by Crippen LogP contribution is -2.31. The number of nitrogens with zero attached hydrogens (tertiary/aromatic N) is 1. The Morgan fingerprint density at radius 2 is 1.80 bits per heavy atom. The minimum Gasteiger partial charge on any atom is -0.431 e. The monoisotopic (exact) mass is 453 g/mol. The number of halogens is 2. The number of rotatable bonds is 9. The molecule has 0 atom stereocenters. The minimum absolute atomic E-state index is 0.194. The number of amides is 1. The van der Waals surface area contributed by atoms with Crippen LogP contribution in [0.2, 0.25) is 0 Å². The molecule has 0 saturated heterocycles. The number of hydrogen-bond acceptors (Lipinski definition) is 6. The van der Waals surface area contributed by atoms with E-state index in [2.05, 4.69) is 10.3 Å². The van der Waals surface area contributed by atoms with Crippen LogP contribution in [-0.2, 0) is 21.4 Å². The Kier molecular flexibility index (Phi) is 7.08. The van der Waals surface area contributed by atoms with Gasteiger partial charge in [-0.25, -0.2) is 26.9 Å². The SMILES string of the molecule is O=C(CCNS(=O)(=O)c1c(F)cccc1F)NCc1ccc(Oc2nccs2)cc1. The maximum absolute atomic E-state index is 13.6. The summed E-state index contributed by atoms with van der Waals surface area (Å²) in [5.41, 5.74) is 0.809. The van der Waals surface area contributed by atoms with Gasteiger partial charge in [0.1, 0.15) is 17.4 Å². The topological polar surface area (TPSA) is 97.4 Å². The first-order valence-electron chi connectivity index (χ1n) is 8.72. The molecule has 0 aliphatic rings. The molecule has 0 spiro atoms. The average Bonchev–Trinajstić information content (AvgIpc) is 3.20. The van der Waals surface area contributed by atoms with Crippen molar-refractivity contribution in [3.05, 3.63) is 71.2 Å². The predicted octanol–water partition coefficient (Wildman–Crippen LogP) is 3.20. The lowest BCUT2D eigenvalue weighted by Gasteiger charge is -2.09. The van der Waals surface area contributed by atoms with Gasteiger partial charge in [-0.05, 0) is 29.8 Å². The van der Waals surface area contributed by atoms with Crippen LogP contribution in [0.1, 0.15) is 12.0 Å². The molecule has 1 heterocycles. The summed E-state index contributed by atoms with van der Waals surface area (Å²) in [5, 5.41) is 4.96. The molecule has 1 aromatic heterocycles. The normalized spacial score (nSPS) is 11.3. The quantitative estimate of drug-likeness (QED) is 0.519. The van der Waals surface area contributed by atoms with E-state index in [0.29, 0.717) is 10.9 Å². The summed E-state index contributed by atoms with van der Waals surface area (Å²) < 4.78 is 58.9. The number of carbonyl (C=O) groups is 1. The highest BCUT2D eigenvalue weighted by atomic mass is 32.2. The van der Waals surface area contributed by atoms with Crippen LogP contribution in [0.4, 0.5) is 8.78 Å². The lowest BCUT2D eigenvalue weighted by atomic mass is 10.2. The fraction of sp³-hybridized carbons (Fsp3) is 0.158. The molecule has 1 amide bonds. The van der Waals surface area contributed by atoms with E-state index >= 15 is 0 Å². The molecule has 3 rings (SSSR count). The fourth-order valence-electron chi connectivity index (χ4n) is 2.44. The Bertz CT molecular complexity index is 1090. The molecule has 0 unspecified atom stereocenters. The molecule has 30 heavy (non-hydrogen) atoms. The first kappa shape index (κ1) is 21.8. The zero-order valence-electron chi connectivity index (χ0n) is 15.5. The number of nitrogens with one attached hydrogen (secondary N) is 2. The summed E-state index contributed by atoms with van der Waals surface area (Å²) in [4.78, 5) is 14.9. The number of benzene rings is 2. The number of thiazole rings is 1. The van der Waals surface area contributed by atoms with Crippen molar-refractivity contribution >= 4 is 27.3 Å². The van der Waals surface area contributed by atoms with Crippen LogP contribution in [0.5, 0.6) is 10.9 Å². The van der Waals surface area contributed by atoms with Gasteiger partial charge in [0.05, 0.1) is 0 Å². The van der Waals surface area contributed by atoms with Gasteiger partial charge in [0, 0.05) is 31.1 Å². The van der Waals surface area contributed by atoms with Gasteiger partial charge < -0.3 is 10.1 Å². The van der Waals surface area contributed by atoms with Crippen LogP contribution < -0.4 is 14.8 Å². The molecule has 0 bridgehead atoms. The third-order valence-electron chi connectivity index (χ3n) is 3.86. The number of aromatic nitrogens is 1. The standard InChI is InChI=1S/C19H17F2N3O4S2/c20-15-2-1-3-16(21)18(15)30(26,27)24-9-8-17(25)23-12-13-4-6-14(7-5-13)28-19-22-10-11-29-19/h1-7,10-11,24H,8-9,12H2,(H,23,25). The van der Waals surface area contributed by atoms with E-state index in [9.17, 15) is 22.0 Å². The molecule has 0 radical (unpaired) electrons. The van der Waals surface area contributed by atoms with Crippen molar-refractivity contribution in [1.29, 1.82) is 0 Å². The van der Waals surface area contributed by atoms with Crippen molar-refractivity contribution in [3.8, 4) is 10.9 Å². The fourth-order valence-corrected chi connectivity index (χ4v) is 4.11. The molecular weight excluding hydrogens is 436 g/mol. The molecule has 2 N–H and O–H groups in total. The van der Waals surface area contributed by atoms with Gasteiger partial charge in [0.25, 0.3) is 5.19 Å². The average molecular weight is 453 g/mol. The number of ether oxygens (including phenoxy) is 1. The highest BCUT2D eigenvalue weighted by Crippen LogP contribution is 2.23. The third-order valence-corrected chi connectivity index (χ3v) is 6.02. The van der Waals surface area contributed by atoms with E-state index in [4.69, 9.17) is 4.74 Å². The Labute approximate surface area is 175 Å². The second-order valence-electron chi connectivity index (χ2n) is 6.02. The molecule has 0 fully saturated rings. The van der Waals surface area contributed by atoms with Crippen LogP contribution in [0.15, 0.2) is 58.9 Å². The largest absolute Gasteiger partial charge is 0.431 e. The summed E-state index contributed by atoms with van der Waals surface area (Å²) >= 11 is 1.36. The summed E-state index contributed by atoms with van der Waals surface area (Å²) in [6.07, 6.45) is 1.44.